The Morgan fingerprint density at radius 1 is 0.920 bits per heavy atom. The molecular formula is C18H16Cl2N4O. The van der Waals surface area contributed by atoms with Crippen molar-refractivity contribution in [2.24, 2.45) is 0 Å². The maximum absolute atomic E-state index is 6.18. The summed E-state index contributed by atoms with van der Waals surface area (Å²) in [5.41, 5.74) is 2.35. The molecule has 0 fully saturated rings. The van der Waals surface area contributed by atoms with E-state index in [9.17, 15) is 0 Å². The third-order valence-electron chi connectivity index (χ3n) is 3.40. The van der Waals surface area contributed by atoms with Crippen molar-refractivity contribution in [2.45, 2.75) is 6.92 Å². The van der Waals surface area contributed by atoms with Crippen molar-refractivity contribution in [3.63, 3.8) is 0 Å². The second-order valence-corrected chi connectivity index (χ2v) is 6.11. The lowest BCUT2D eigenvalue weighted by atomic mass is 10.3. The molecule has 2 N–H and O–H groups in total. The van der Waals surface area contributed by atoms with Gasteiger partial charge in [-0.1, -0.05) is 35.3 Å². The molecule has 0 amide bonds. The molecule has 0 aliphatic rings. The zero-order chi connectivity index (χ0) is 17.8. The molecule has 0 radical (unpaired) electrons. The molecule has 2 aromatic carbocycles. The molecule has 3 rings (SSSR count). The van der Waals surface area contributed by atoms with E-state index in [0.717, 1.165) is 17.1 Å². The number of rotatable bonds is 5. The van der Waals surface area contributed by atoms with Crippen LogP contribution in [-0.2, 0) is 0 Å². The summed E-state index contributed by atoms with van der Waals surface area (Å²) in [7, 11) is 1.57. The van der Waals surface area contributed by atoms with Gasteiger partial charge in [-0.05, 0) is 37.3 Å². The van der Waals surface area contributed by atoms with Crippen LogP contribution in [0.15, 0.2) is 48.5 Å². The number of nitrogens with zero attached hydrogens (tertiary/aromatic N) is 2. The number of aryl methyl sites for hydroxylation is 1. The highest BCUT2D eigenvalue weighted by atomic mass is 35.5. The Balaban J connectivity index is 1.84. The van der Waals surface area contributed by atoms with E-state index >= 15 is 0 Å². The van der Waals surface area contributed by atoms with Gasteiger partial charge in [0.15, 0.2) is 0 Å². The Labute approximate surface area is 156 Å². The normalized spacial score (nSPS) is 10.4. The maximum Gasteiger partial charge on any atom is 0.229 e. The molecule has 0 spiro atoms. The number of methoxy groups -OCH3 is 1. The van der Waals surface area contributed by atoms with Crippen LogP contribution < -0.4 is 15.4 Å². The van der Waals surface area contributed by atoms with E-state index in [0.29, 0.717) is 27.6 Å². The average Bonchev–Trinajstić information content (AvgIpc) is 2.57. The minimum Gasteiger partial charge on any atom is -0.495 e. The molecule has 0 saturated heterocycles. The Bertz CT molecular complexity index is 902. The Hall–Kier alpha value is -2.50. The van der Waals surface area contributed by atoms with Crippen LogP contribution in [0.2, 0.25) is 10.0 Å². The summed E-state index contributed by atoms with van der Waals surface area (Å²) in [5.74, 6) is 1.71. The van der Waals surface area contributed by atoms with Crippen molar-refractivity contribution in [3.8, 4) is 5.75 Å². The lowest BCUT2D eigenvalue weighted by molar-refractivity contribution is 0.415. The highest BCUT2D eigenvalue weighted by molar-refractivity contribution is 6.33. The summed E-state index contributed by atoms with van der Waals surface area (Å²) in [4.78, 5) is 8.87. The predicted octanol–water partition coefficient (Wildman–Crippen LogP) is 5.59. The van der Waals surface area contributed by atoms with Crippen LogP contribution in [0, 0.1) is 6.92 Å². The maximum atomic E-state index is 6.18. The monoisotopic (exact) mass is 374 g/mol. The first-order chi connectivity index (χ1) is 12.0. The van der Waals surface area contributed by atoms with Crippen molar-refractivity contribution in [2.75, 3.05) is 17.7 Å². The van der Waals surface area contributed by atoms with Crippen molar-refractivity contribution in [1.29, 1.82) is 0 Å². The summed E-state index contributed by atoms with van der Waals surface area (Å²) < 4.78 is 5.15. The van der Waals surface area contributed by atoms with E-state index in [1.165, 1.54) is 0 Å². The zero-order valence-electron chi connectivity index (χ0n) is 13.7. The smallest absolute Gasteiger partial charge is 0.229 e. The standard InChI is InChI=1S/C18H16Cl2N4O/c1-11-9-17(23-15-6-4-3-5-13(15)19)24-18(21-11)22-12-7-8-16(25-2)14(20)10-12/h3-10H,1-2H3,(H2,21,22,23,24). The van der Waals surface area contributed by atoms with Gasteiger partial charge in [0, 0.05) is 17.4 Å². The first-order valence-corrected chi connectivity index (χ1v) is 8.28. The summed E-state index contributed by atoms with van der Waals surface area (Å²) in [5, 5.41) is 7.47. The first kappa shape index (κ1) is 17.3. The van der Waals surface area contributed by atoms with Crippen LogP contribution >= 0.6 is 23.2 Å². The van der Waals surface area contributed by atoms with E-state index in [1.807, 2.05) is 43.3 Å². The lowest BCUT2D eigenvalue weighted by Crippen LogP contribution is -2.02. The van der Waals surface area contributed by atoms with E-state index in [1.54, 1.807) is 19.2 Å². The number of benzene rings is 2. The number of ether oxygens (including phenoxy) is 1. The molecule has 5 nitrogen and oxygen atoms in total. The topological polar surface area (TPSA) is 59.1 Å². The van der Waals surface area contributed by atoms with Crippen LogP contribution in [0.5, 0.6) is 5.75 Å². The highest BCUT2D eigenvalue weighted by Gasteiger charge is 2.07. The van der Waals surface area contributed by atoms with E-state index < -0.39 is 0 Å². The molecule has 0 unspecified atom stereocenters. The largest absolute Gasteiger partial charge is 0.495 e. The average molecular weight is 375 g/mol. The molecule has 0 aliphatic heterocycles. The molecule has 0 atom stereocenters. The zero-order valence-corrected chi connectivity index (χ0v) is 15.2. The van der Waals surface area contributed by atoms with Crippen molar-refractivity contribution < 1.29 is 4.74 Å². The van der Waals surface area contributed by atoms with Gasteiger partial charge in [-0.15, -0.1) is 0 Å². The third-order valence-corrected chi connectivity index (χ3v) is 4.02. The molecule has 0 aliphatic carbocycles. The van der Waals surface area contributed by atoms with E-state index in [2.05, 4.69) is 20.6 Å². The van der Waals surface area contributed by atoms with Gasteiger partial charge in [0.25, 0.3) is 0 Å². The molecule has 128 valence electrons. The number of halogens is 2. The minimum atomic E-state index is 0.454. The molecule has 1 heterocycles. The van der Waals surface area contributed by atoms with Crippen LogP contribution in [0.1, 0.15) is 5.69 Å². The quantitative estimate of drug-likeness (QED) is 0.609. The van der Waals surface area contributed by atoms with Gasteiger partial charge in [0.1, 0.15) is 11.6 Å². The molecule has 1 aromatic heterocycles. The van der Waals surface area contributed by atoms with Gasteiger partial charge in [0.2, 0.25) is 5.95 Å². The van der Waals surface area contributed by atoms with Gasteiger partial charge in [0.05, 0.1) is 22.8 Å². The van der Waals surface area contributed by atoms with Gasteiger partial charge >= 0.3 is 0 Å². The number of hydrogen-bond donors (Lipinski definition) is 2. The fraction of sp³-hybridized carbons (Fsp3) is 0.111. The molecular weight excluding hydrogens is 359 g/mol. The van der Waals surface area contributed by atoms with Crippen LogP contribution in [0.4, 0.5) is 23.1 Å². The predicted molar refractivity (Wildman–Crippen MR) is 103 cm³/mol. The van der Waals surface area contributed by atoms with Gasteiger partial charge in [-0.25, -0.2) is 4.98 Å². The van der Waals surface area contributed by atoms with Crippen molar-refractivity contribution >= 4 is 46.3 Å². The van der Waals surface area contributed by atoms with E-state index in [-0.39, 0.29) is 0 Å². The number of nitrogens with one attached hydrogen (secondary N) is 2. The van der Waals surface area contributed by atoms with Crippen LogP contribution in [0.25, 0.3) is 0 Å². The highest BCUT2D eigenvalue weighted by Crippen LogP contribution is 2.29. The number of hydrogen-bond acceptors (Lipinski definition) is 5. The van der Waals surface area contributed by atoms with Gasteiger partial charge in [-0.2, -0.15) is 4.98 Å². The summed E-state index contributed by atoms with van der Waals surface area (Å²) in [6.07, 6.45) is 0. The number of aromatic nitrogens is 2. The summed E-state index contributed by atoms with van der Waals surface area (Å²) >= 11 is 12.3. The van der Waals surface area contributed by atoms with Gasteiger partial charge in [-0.3, -0.25) is 0 Å². The SMILES string of the molecule is COc1ccc(Nc2nc(C)cc(Nc3ccccc3Cl)n2)cc1Cl. The third kappa shape index (κ3) is 4.32. The fourth-order valence-corrected chi connectivity index (χ4v) is 2.70. The number of anilines is 4. The Kier molecular flexibility index (Phi) is 5.26. The van der Waals surface area contributed by atoms with Crippen LogP contribution in [-0.4, -0.2) is 17.1 Å². The second kappa shape index (κ2) is 7.59. The molecule has 25 heavy (non-hydrogen) atoms. The number of para-hydroxylation sites is 1. The minimum absolute atomic E-state index is 0.454. The van der Waals surface area contributed by atoms with Gasteiger partial charge < -0.3 is 15.4 Å². The molecule has 3 aromatic rings. The second-order valence-electron chi connectivity index (χ2n) is 5.30. The van der Waals surface area contributed by atoms with E-state index in [4.69, 9.17) is 27.9 Å². The Morgan fingerprint density at radius 3 is 2.44 bits per heavy atom. The van der Waals surface area contributed by atoms with Crippen molar-refractivity contribution in [3.05, 3.63) is 64.3 Å². The fourth-order valence-electron chi connectivity index (χ4n) is 2.26. The molecule has 0 bridgehead atoms. The van der Waals surface area contributed by atoms with Crippen LogP contribution in [0.3, 0.4) is 0 Å². The van der Waals surface area contributed by atoms with Crippen molar-refractivity contribution in [1.82, 2.24) is 9.97 Å². The summed E-state index contributed by atoms with van der Waals surface area (Å²) in [6, 6.07) is 14.7. The molecule has 0 saturated carbocycles. The first-order valence-electron chi connectivity index (χ1n) is 7.53. The lowest BCUT2D eigenvalue weighted by Gasteiger charge is -2.11. The Morgan fingerprint density at radius 2 is 1.72 bits per heavy atom. The summed E-state index contributed by atoms with van der Waals surface area (Å²) in [6.45, 7) is 1.89. The molecule has 7 heteroatoms.